The molecule has 1 aliphatic carbocycles. The number of para-hydroxylation sites is 2. The first kappa shape index (κ1) is 17.1. The van der Waals surface area contributed by atoms with Crippen LogP contribution in [-0.2, 0) is 4.79 Å². The topological polar surface area (TPSA) is 64.8 Å². The highest BCUT2D eigenvalue weighted by Gasteiger charge is 2.28. The van der Waals surface area contributed by atoms with Gasteiger partial charge >= 0.3 is 0 Å². The predicted octanol–water partition coefficient (Wildman–Crippen LogP) is 2.58. The highest BCUT2D eigenvalue weighted by molar-refractivity contribution is 5.76. The summed E-state index contributed by atoms with van der Waals surface area (Å²) in [6.45, 7) is 3.73. The van der Waals surface area contributed by atoms with Crippen LogP contribution in [0.4, 0.5) is 0 Å². The minimum atomic E-state index is -0.121. The highest BCUT2D eigenvalue weighted by atomic mass is 16.6. The molecule has 0 aromatic heterocycles. The summed E-state index contributed by atoms with van der Waals surface area (Å²) in [5.74, 6) is 2.04. The monoisotopic (exact) mass is 332 g/mol. The van der Waals surface area contributed by atoms with E-state index in [2.05, 4.69) is 0 Å². The summed E-state index contributed by atoms with van der Waals surface area (Å²) in [6, 6.07) is 7.83. The van der Waals surface area contributed by atoms with Gasteiger partial charge in [0.15, 0.2) is 17.6 Å². The SMILES string of the molecule is CCN(CC1COc2ccccc2O1)C(=O)CC1CCCCC1N. The van der Waals surface area contributed by atoms with Crippen LogP contribution in [0.25, 0.3) is 0 Å². The lowest BCUT2D eigenvalue weighted by Crippen LogP contribution is -2.45. The van der Waals surface area contributed by atoms with Gasteiger partial charge in [0.2, 0.25) is 5.91 Å². The molecule has 1 fully saturated rings. The number of nitrogens with two attached hydrogens (primary N) is 1. The molecule has 1 aromatic carbocycles. The summed E-state index contributed by atoms with van der Waals surface area (Å²) in [6.07, 6.45) is 4.92. The van der Waals surface area contributed by atoms with Crippen molar-refractivity contribution in [3.8, 4) is 11.5 Å². The maximum Gasteiger partial charge on any atom is 0.223 e. The molecule has 0 spiro atoms. The number of hydrogen-bond donors (Lipinski definition) is 1. The van der Waals surface area contributed by atoms with Gasteiger partial charge in [0.05, 0.1) is 6.54 Å². The van der Waals surface area contributed by atoms with Crippen molar-refractivity contribution in [2.45, 2.75) is 51.2 Å². The van der Waals surface area contributed by atoms with Gasteiger partial charge in [-0.25, -0.2) is 0 Å². The molecule has 132 valence electrons. The zero-order valence-corrected chi connectivity index (χ0v) is 14.4. The summed E-state index contributed by atoms with van der Waals surface area (Å²) in [7, 11) is 0. The van der Waals surface area contributed by atoms with Gasteiger partial charge in [-0.2, -0.15) is 0 Å². The zero-order valence-electron chi connectivity index (χ0n) is 14.4. The fraction of sp³-hybridized carbons (Fsp3) is 0.632. The minimum absolute atomic E-state index is 0.121. The lowest BCUT2D eigenvalue weighted by molar-refractivity contribution is -0.134. The third-order valence-electron chi connectivity index (χ3n) is 5.13. The molecule has 2 N–H and O–H groups in total. The number of benzene rings is 1. The Morgan fingerprint density at radius 2 is 2.00 bits per heavy atom. The summed E-state index contributed by atoms with van der Waals surface area (Å²) < 4.78 is 11.7. The molecule has 2 aliphatic rings. The van der Waals surface area contributed by atoms with Gasteiger partial charge < -0.3 is 20.1 Å². The maximum absolute atomic E-state index is 12.7. The van der Waals surface area contributed by atoms with Crippen molar-refractivity contribution in [1.29, 1.82) is 0 Å². The van der Waals surface area contributed by atoms with Gasteiger partial charge in [-0.3, -0.25) is 4.79 Å². The van der Waals surface area contributed by atoms with Crippen molar-refractivity contribution in [1.82, 2.24) is 4.90 Å². The second kappa shape index (κ2) is 7.88. The standard InChI is InChI=1S/C19H28N2O3/c1-2-21(19(22)11-14-7-3-4-8-16(14)20)12-15-13-23-17-9-5-6-10-18(17)24-15/h5-6,9-10,14-16H,2-4,7-8,11-13,20H2,1H3. The van der Waals surface area contributed by atoms with Crippen LogP contribution in [0.5, 0.6) is 11.5 Å². The van der Waals surface area contributed by atoms with Crippen LogP contribution in [0.2, 0.25) is 0 Å². The van der Waals surface area contributed by atoms with Gasteiger partial charge in [0, 0.05) is 19.0 Å². The first-order valence-corrected chi connectivity index (χ1v) is 9.09. The van der Waals surface area contributed by atoms with Crippen molar-refractivity contribution >= 4 is 5.91 Å². The summed E-state index contributed by atoms with van der Waals surface area (Å²) >= 11 is 0. The van der Waals surface area contributed by atoms with Crippen LogP contribution in [0.15, 0.2) is 24.3 Å². The molecule has 1 heterocycles. The van der Waals surface area contributed by atoms with Crippen LogP contribution in [0.3, 0.4) is 0 Å². The number of hydrogen-bond acceptors (Lipinski definition) is 4. The predicted molar refractivity (Wildman–Crippen MR) is 93.2 cm³/mol. The van der Waals surface area contributed by atoms with Crippen LogP contribution in [-0.4, -0.2) is 42.6 Å². The van der Waals surface area contributed by atoms with Crippen molar-refractivity contribution in [2.24, 2.45) is 11.7 Å². The minimum Gasteiger partial charge on any atom is -0.486 e. The fourth-order valence-corrected chi connectivity index (χ4v) is 3.65. The number of likely N-dealkylation sites (N-methyl/N-ethyl adjacent to an activating group) is 1. The van der Waals surface area contributed by atoms with Gasteiger partial charge in [0.25, 0.3) is 0 Å². The Hall–Kier alpha value is -1.75. The van der Waals surface area contributed by atoms with E-state index in [1.54, 1.807) is 0 Å². The average molecular weight is 332 g/mol. The normalized spacial score (nSPS) is 26.0. The van der Waals surface area contributed by atoms with E-state index < -0.39 is 0 Å². The Labute approximate surface area is 144 Å². The molecule has 3 atom stereocenters. The number of ether oxygens (including phenoxy) is 2. The fourth-order valence-electron chi connectivity index (χ4n) is 3.65. The Balaban J connectivity index is 1.55. The number of rotatable bonds is 5. The lowest BCUT2D eigenvalue weighted by atomic mass is 9.82. The van der Waals surface area contributed by atoms with E-state index in [1.807, 2.05) is 36.1 Å². The Morgan fingerprint density at radius 1 is 1.25 bits per heavy atom. The molecule has 24 heavy (non-hydrogen) atoms. The molecule has 0 bridgehead atoms. The second-order valence-electron chi connectivity index (χ2n) is 6.84. The number of carbonyl (C=O) groups excluding carboxylic acids is 1. The molecule has 1 saturated carbocycles. The van der Waals surface area contributed by atoms with Crippen molar-refractivity contribution in [3.63, 3.8) is 0 Å². The molecule has 0 saturated heterocycles. The Morgan fingerprint density at radius 3 is 2.75 bits per heavy atom. The maximum atomic E-state index is 12.7. The van der Waals surface area contributed by atoms with Crippen LogP contribution < -0.4 is 15.2 Å². The number of fused-ring (bicyclic) bond motifs is 1. The number of nitrogens with zero attached hydrogens (tertiary/aromatic N) is 1. The first-order chi connectivity index (χ1) is 11.7. The molecule has 5 heteroatoms. The highest BCUT2D eigenvalue weighted by Crippen LogP contribution is 2.31. The lowest BCUT2D eigenvalue weighted by Gasteiger charge is -2.33. The molecule has 5 nitrogen and oxygen atoms in total. The summed E-state index contributed by atoms with van der Waals surface area (Å²) in [5, 5.41) is 0. The van der Waals surface area contributed by atoms with E-state index in [4.69, 9.17) is 15.2 Å². The third kappa shape index (κ3) is 4.01. The Kier molecular flexibility index (Phi) is 5.61. The van der Waals surface area contributed by atoms with Gasteiger partial charge in [-0.1, -0.05) is 25.0 Å². The van der Waals surface area contributed by atoms with E-state index in [9.17, 15) is 4.79 Å². The molecule has 1 aromatic rings. The molecule has 3 rings (SSSR count). The average Bonchev–Trinajstić information content (AvgIpc) is 2.61. The van der Waals surface area contributed by atoms with Gasteiger partial charge in [-0.05, 0) is 37.8 Å². The van der Waals surface area contributed by atoms with Crippen molar-refractivity contribution < 1.29 is 14.3 Å². The summed E-state index contributed by atoms with van der Waals surface area (Å²) in [4.78, 5) is 14.6. The molecule has 1 amide bonds. The Bertz CT molecular complexity index is 563. The molecular formula is C19H28N2O3. The molecule has 1 aliphatic heterocycles. The van der Waals surface area contributed by atoms with E-state index in [-0.39, 0.29) is 18.1 Å². The van der Waals surface area contributed by atoms with E-state index in [0.29, 0.717) is 32.0 Å². The molecule has 0 radical (unpaired) electrons. The quantitative estimate of drug-likeness (QED) is 0.900. The molecule has 3 unspecified atom stereocenters. The van der Waals surface area contributed by atoms with E-state index in [1.165, 1.54) is 12.8 Å². The van der Waals surface area contributed by atoms with Crippen molar-refractivity contribution in [3.05, 3.63) is 24.3 Å². The van der Waals surface area contributed by atoms with E-state index in [0.717, 1.165) is 24.3 Å². The number of carbonyl (C=O) groups is 1. The summed E-state index contributed by atoms with van der Waals surface area (Å²) in [5.41, 5.74) is 6.19. The van der Waals surface area contributed by atoms with Crippen LogP contribution >= 0.6 is 0 Å². The van der Waals surface area contributed by atoms with Gasteiger partial charge in [-0.15, -0.1) is 0 Å². The molecular weight excluding hydrogens is 304 g/mol. The smallest absolute Gasteiger partial charge is 0.223 e. The first-order valence-electron chi connectivity index (χ1n) is 9.09. The van der Waals surface area contributed by atoms with Crippen LogP contribution in [0.1, 0.15) is 39.0 Å². The van der Waals surface area contributed by atoms with E-state index >= 15 is 0 Å². The van der Waals surface area contributed by atoms with Gasteiger partial charge in [0.1, 0.15) is 6.61 Å². The van der Waals surface area contributed by atoms with Crippen LogP contribution in [0, 0.1) is 5.92 Å². The second-order valence-corrected chi connectivity index (χ2v) is 6.84. The zero-order chi connectivity index (χ0) is 16.9. The third-order valence-corrected chi connectivity index (χ3v) is 5.13. The van der Waals surface area contributed by atoms with Crippen molar-refractivity contribution in [2.75, 3.05) is 19.7 Å². The largest absolute Gasteiger partial charge is 0.486 e. The number of amides is 1.